The van der Waals surface area contributed by atoms with Crippen LogP contribution < -0.4 is 15.8 Å². The van der Waals surface area contributed by atoms with Crippen molar-refractivity contribution in [3.05, 3.63) is 44.4 Å². The van der Waals surface area contributed by atoms with Gasteiger partial charge < -0.3 is 15.8 Å². The molecule has 0 aliphatic rings. The van der Waals surface area contributed by atoms with Crippen molar-refractivity contribution in [2.75, 3.05) is 12.4 Å². The Morgan fingerprint density at radius 3 is 2.91 bits per heavy atom. The van der Waals surface area contributed by atoms with Crippen LogP contribution in [-0.2, 0) is 17.8 Å². The SMILES string of the molecule is COc1ccc(NC(=O)Cc2csc(CN)n2)c([N+](=O)[O-])c1. The molecule has 1 amide bonds. The number of thiazole rings is 1. The maximum absolute atomic E-state index is 12.0. The van der Waals surface area contributed by atoms with E-state index in [1.165, 1.54) is 36.6 Å². The van der Waals surface area contributed by atoms with Crippen LogP contribution in [0, 0.1) is 10.1 Å². The second-order valence-corrected chi connectivity index (χ2v) is 5.24. The fourth-order valence-corrected chi connectivity index (χ4v) is 2.45. The maximum Gasteiger partial charge on any atom is 0.296 e. The highest BCUT2D eigenvalue weighted by molar-refractivity contribution is 7.09. The van der Waals surface area contributed by atoms with Gasteiger partial charge in [-0.3, -0.25) is 14.9 Å². The fraction of sp³-hybridized carbons (Fsp3) is 0.231. The van der Waals surface area contributed by atoms with Gasteiger partial charge in [0.25, 0.3) is 5.69 Å². The number of ether oxygens (including phenoxy) is 1. The number of nitro groups is 1. The summed E-state index contributed by atoms with van der Waals surface area (Å²) in [5.41, 5.74) is 5.93. The lowest BCUT2D eigenvalue weighted by atomic mass is 10.2. The molecule has 116 valence electrons. The lowest BCUT2D eigenvalue weighted by Crippen LogP contribution is -2.15. The number of amides is 1. The van der Waals surface area contributed by atoms with Crippen LogP contribution in [0.5, 0.6) is 5.75 Å². The predicted molar refractivity (Wildman–Crippen MR) is 82.0 cm³/mol. The Kier molecular flexibility index (Phi) is 5.02. The number of hydrogen-bond donors (Lipinski definition) is 2. The monoisotopic (exact) mass is 322 g/mol. The lowest BCUT2D eigenvalue weighted by Gasteiger charge is -2.06. The average molecular weight is 322 g/mol. The quantitative estimate of drug-likeness (QED) is 0.617. The predicted octanol–water partition coefficient (Wildman–Crippen LogP) is 1.70. The maximum atomic E-state index is 12.0. The molecule has 2 aromatic rings. The smallest absolute Gasteiger partial charge is 0.296 e. The van der Waals surface area contributed by atoms with E-state index < -0.39 is 4.92 Å². The Morgan fingerprint density at radius 1 is 1.55 bits per heavy atom. The van der Waals surface area contributed by atoms with E-state index in [9.17, 15) is 14.9 Å². The van der Waals surface area contributed by atoms with Gasteiger partial charge in [0.15, 0.2) is 0 Å². The van der Waals surface area contributed by atoms with Crippen LogP contribution in [0.15, 0.2) is 23.6 Å². The summed E-state index contributed by atoms with van der Waals surface area (Å²) >= 11 is 1.37. The van der Waals surface area contributed by atoms with Gasteiger partial charge in [-0.1, -0.05) is 0 Å². The number of methoxy groups -OCH3 is 1. The molecule has 0 atom stereocenters. The molecule has 0 fully saturated rings. The number of carbonyl (C=O) groups excluding carboxylic acids is 1. The number of nitro benzene ring substituents is 1. The molecule has 0 saturated heterocycles. The third-order valence-electron chi connectivity index (χ3n) is 2.79. The summed E-state index contributed by atoms with van der Waals surface area (Å²) in [4.78, 5) is 26.6. The first-order valence-electron chi connectivity index (χ1n) is 6.29. The van der Waals surface area contributed by atoms with E-state index in [0.29, 0.717) is 18.0 Å². The number of benzene rings is 1. The first kappa shape index (κ1) is 15.9. The molecule has 0 aliphatic carbocycles. The van der Waals surface area contributed by atoms with Crippen molar-refractivity contribution >= 4 is 28.6 Å². The molecule has 1 aromatic heterocycles. The van der Waals surface area contributed by atoms with E-state index in [1.807, 2.05) is 0 Å². The zero-order valence-electron chi connectivity index (χ0n) is 11.7. The van der Waals surface area contributed by atoms with Crippen molar-refractivity contribution in [3.8, 4) is 5.75 Å². The molecule has 8 nitrogen and oxygen atoms in total. The molecular weight excluding hydrogens is 308 g/mol. The highest BCUT2D eigenvalue weighted by Crippen LogP contribution is 2.29. The number of carbonyl (C=O) groups is 1. The van der Waals surface area contributed by atoms with Gasteiger partial charge in [0.1, 0.15) is 16.4 Å². The van der Waals surface area contributed by atoms with Crippen LogP contribution in [-0.4, -0.2) is 22.9 Å². The standard InChI is InChI=1S/C13H14N4O4S/c1-21-9-2-3-10(11(5-9)17(19)20)16-12(18)4-8-7-22-13(6-14)15-8/h2-3,5,7H,4,6,14H2,1H3,(H,16,18). The first-order chi connectivity index (χ1) is 10.5. The van der Waals surface area contributed by atoms with Gasteiger partial charge in [0, 0.05) is 11.9 Å². The summed E-state index contributed by atoms with van der Waals surface area (Å²) in [5, 5.41) is 16.0. The average Bonchev–Trinajstić information content (AvgIpc) is 2.94. The lowest BCUT2D eigenvalue weighted by molar-refractivity contribution is -0.384. The topological polar surface area (TPSA) is 120 Å². The molecule has 0 bridgehead atoms. The minimum atomic E-state index is -0.576. The molecule has 0 spiro atoms. The first-order valence-corrected chi connectivity index (χ1v) is 7.17. The minimum absolute atomic E-state index is 0.0275. The number of aromatic nitrogens is 1. The minimum Gasteiger partial charge on any atom is -0.496 e. The molecule has 1 heterocycles. The molecule has 22 heavy (non-hydrogen) atoms. The molecule has 2 rings (SSSR count). The van der Waals surface area contributed by atoms with Gasteiger partial charge in [-0.05, 0) is 12.1 Å². The van der Waals surface area contributed by atoms with E-state index >= 15 is 0 Å². The van der Waals surface area contributed by atoms with Gasteiger partial charge in [0.2, 0.25) is 5.91 Å². The molecule has 0 saturated carbocycles. The van der Waals surface area contributed by atoms with Crippen LogP contribution in [0.25, 0.3) is 0 Å². The number of hydrogen-bond acceptors (Lipinski definition) is 7. The number of anilines is 1. The number of nitrogens with two attached hydrogens (primary N) is 1. The van der Waals surface area contributed by atoms with Gasteiger partial charge in [-0.2, -0.15) is 0 Å². The molecule has 0 aliphatic heterocycles. The van der Waals surface area contributed by atoms with Crippen LogP contribution in [0.2, 0.25) is 0 Å². The second kappa shape index (κ2) is 6.96. The van der Waals surface area contributed by atoms with E-state index in [2.05, 4.69) is 10.3 Å². The van der Waals surface area contributed by atoms with Crippen LogP contribution in [0.1, 0.15) is 10.7 Å². The molecular formula is C13H14N4O4S. The van der Waals surface area contributed by atoms with Crippen LogP contribution in [0.4, 0.5) is 11.4 Å². The third kappa shape index (κ3) is 3.77. The van der Waals surface area contributed by atoms with E-state index in [0.717, 1.165) is 5.01 Å². The number of nitrogens with zero attached hydrogens (tertiary/aromatic N) is 2. The van der Waals surface area contributed by atoms with Crippen molar-refractivity contribution in [1.29, 1.82) is 0 Å². The van der Waals surface area contributed by atoms with Crippen LogP contribution in [0.3, 0.4) is 0 Å². The normalized spacial score (nSPS) is 10.3. The Balaban J connectivity index is 2.12. The van der Waals surface area contributed by atoms with Crippen molar-refractivity contribution in [2.45, 2.75) is 13.0 Å². The van der Waals surface area contributed by atoms with E-state index in [-0.39, 0.29) is 23.7 Å². The number of nitrogens with one attached hydrogen (secondary N) is 1. The molecule has 0 unspecified atom stereocenters. The zero-order chi connectivity index (χ0) is 16.1. The van der Waals surface area contributed by atoms with Gasteiger partial charge in [-0.15, -0.1) is 11.3 Å². The second-order valence-electron chi connectivity index (χ2n) is 4.30. The van der Waals surface area contributed by atoms with Crippen molar-refractivity contribution in [2.24, 2.45) is 5.73 Å². The highest BCUT2D eigenvalue weighted by atomic mass is 32.1. The highest BCUT2D eigenvalue weighted by Gasteiger charge is 2.17. The van der Waals surface area contributed by atoms with Gasteiger partial charge >= 0.3 is 0 Å². The Morgan fingerprint density at radius 2 is 2.32 bits per heavy atom. The molecule has 1 aromatic carbocycles. The Bertz CT molecular complexity index is 701. The van der Waals surface area contributed by atoms with Crippen molar-refractivity contribution < 1.29 is 14.5 Å². The van der Waals surface area contributed by atoms with Crippen molar-refractivity contribution in [1.82, 2.24) is 4.98 Å². The van der Waals surface area contributed by atoms with E-state index in [4.69, 9.17) is 10.5 Å². The largest absolute Gasteiger partial charge is 0.496 e. The summed E-state index contributed by atoms with van der Waals surface area (Å²) in [5.74, 6) is -0.0427. The summed E-state index contributed by atoms with van der Waals surface area (Å²) in [6.45, 7) is 0.316. The third-order valence-corrected chi connectivity index (χ3v) is 3.71. The molecule has 9 heteroatoms. The summed E-state index contributed by atoms with van der Waals surface area (Å²) in [6, 6.07) is 4.23. The summed E-state index contributed by atoms with van der Waals surface area (Å²) in [6.07, 6.45) is 0.0275. The van der Waals surface area contributed by atoms with Gasteiger partial charge in [0.05, 0.1) is 30.2 Å². The Hall–Kier alpha value is -2.52. The van der Waals surface area contributed by atoms with Crippen LogP contribution >= 0.6 is 11.3 Å². The Labute approximate surface area is 130 Å². The van der Waals surface area contributed by atoms with Crippen molar-refractivity contribution in [3.63, 3.8) is 0 Å². The molecule has 0 radical (unpaired) electrons. The van der Waals surface area contributed by atoms with Gasteiger partial charge in [-0.25, -0.2) is 4.98 Å². The summed E-state index contributed by atoms with van der Waals surface area (Å²) < 4.78 is 4.94. The summed E-state index contributed by atoms with van der Waals surface area (Å²) in [7, 11) is 1.41. The molecule has 3 N–H and O–H groups in total. The number of rotatable bonds is 6. The fourth-order valence-electron chi connectivity index (χ4n) is 1.78. The van der Waals surface area contributed by atoms with E-state index in [1.54, 1.807) is 5.38 Å². The zero-order valence-corrected chi connectivity index (χ0v) is 12.6.